The highest BCUT2D eigenvalue weighted by Gasteiger charge is 2.29. The quantitative estimate of drug-likeness (QED) is 0.765. The second-order valence-corrected chi connectivity index (χ2v) is 4.48. The number of pyridine rings is 1. The molecule has 1 aromatic rings. The Kier molecular flexibility index (Phi) is 4.07. The van der Waals surface area contributed by atoms with Gasteiger partial charge in [0.05, 0.1) is 17.9 Å². The summed E-state index contributed by atoms with van der Waals surface area (Å²) in [5.74, 6) is -0.125. The lowest BCUT2D eigenvalue weighted by Gasteiger charge is -2.34. The number of nitrogen functional groups attached to an aromatic ring is 1. The normalized spacial score (nSPS) is 18.6. The highest BCUT2D eigenvalue weighted by Crippen LogP contribution is 2.26. The summed E-state index contributed by atoms with van der Waals surface area (Å²) in [7, 11) is 0. The number of esters is 1. The number of carbonyl (C=O) groups is 2. The zero-order chi connectivity index (χ0) is 14.7. The van der Waals surface area contributed by atoms with Gasteiger partial charge in [-0.3, -0.25) is 4.79 Å². The van der Waals surface area contributed by atoms with Gasteiger partial charge in [-0.05, 0) is 19.9 Å². The summed E-state index contributed by atoms with van der Waals surface area (Å²) in [6.07, 6.45) is 1.50. The Hall–Kier alpha value is -2.31. The van der Waals surface area contributed by atoms with Crippen LogP contribution in [0.2, 0.25) is 0 Å². The maximum absolute atomic E-state index is 11.8. The van der Waals surface area contributed by atoms with E-state index < -0.39 is 5.97 Å². The maximum atomic E-state index is 11.8. The van der Waals surface area contributed by atoms with Gasteiger partial charge in [0, 0.05) is 19.3 Å². The Morgan fingerprint density at radius 2 is 2.40 bits per heavy atom. The molecule has 2 rings (SSSR count). The van der Waals surface area contributed by atoms with Crippen molar-refractivity contribution >= 4 is 23.4 Å². The zero-order valence-electron chi connectivity index (χ0n) is 11.5. The molecule has 1 aromatic heterocycles. The van der Waals surface area contributed by atoms with E-state index in [1.54, 1.807) is 18.7 Å². The van der Waals surface area contributed by atoms with Crippen LogP contribution in [0.4, 0.5) is 11.5 Å². The van der Waals surface area contributed by atoms with Crippen LogP contribution in [0.25, 0.3) is 0 Å². The highest BCUT2D eigenvalue weighted by molar-refractivity contribution is 5.98. The summed E-state index contributed by atoms with van der Waals surface area (Å²) < 4.78 is 4.95. The van der Waals surface area contributed by atoms with E-state index in [2.05, 4.69) is 10.3 Å². The van der Waals surface area contributed by atoms with Crippen LogP contribution in [0, 0.1) is 0 Å². The van der Waals surface area contributed by atoms with Crippen molar-refractivity contribution in [2.24, 2.45) is 0 Å². The molecule has 1 fully saturated rings. The van der Waals surface area contributed by atoms with E-state index in [0.29, 0.717) is 18.9 Å². The summed E-state index contributed by atoms with van der Waals surface area (Å²) in [4.78, 5) is 29.5. The Morgan fingerprint density at radius 1 is 1.65 bits per heavy atom. The number of aromatic nitrogens is 1. The number of ether oxygens (including phenoxy) is 1. The van der Waals surface area contributed by atoms with Crippen LogP contribution in [-0.2, 0) is 9.53 Å². The number of hydrogen-bond acceptors (Lipinski definition) is 6. The van der Waals surface area contributed by atoms with Gasteiger partial charge in [-0.25, -0.2) is 9.78 Å². The lowest BCUT2D eigenvalue weighted by molar-refractivity contribution is -0.122. The second-order valence-electron chi connectivity index (χ2n) is 4.48. The SMILES string of the molecule is CCOC(=O)c1ccnc(N2CCNC(=O)C2C)c1N. The molecule has 1 aliphatic heterocycles. The average Bonchev–Trinajstić information content (AvgIpc) is 2.43. The van der Waals surface area contributed by atoms with Crippen LogP contribution < -0.4 is 16.0 Å². The molecule has 2 heterocycles. The second kappa shape index (κ2) is 5.77. The standard InChI is InChI=1S/C13H18N4O3/c1-3-20-13(19)9-4-5-15-11(10(9)14)17-7-6-16-12(18)8(17)2/h4-5,8H,3,6-7,14H2,1-2H3,(H,16,18). The number of carbonyl (C=O) groups excluding carboxylic acids is 2. The summed E-state index contributed by atoms with van der Waals surface area (Å²) in [6.45, 7) is 4.89. The topological polar surface area (TPSA) is 97.5 Å². The van der Waals surface area contributed by atoms with Crippen LogP contribution >= 0.6 is 0 Å². The molecule has 0 spiro atoms. The summed E-state index contributed by atoms with van der Waals surface area (Å²) in [6, 6.07) is 1.14. The van der Waals surface area contributed by atoms with E-state index in [1.165, 1.54) is 12.3 Å². The van der Waals surface area contributed by atoms with Crippen molar-refractivity contribution in [3.8, 4) is 0 Å². The smallest absolute Gasteiger partial charge is 0.340 e. The average molecular weight is 278 g/mol. The van der Waals surface area contributed by atoms with Crippen molar-refractivity contribution < 1.29 is 14.3 Å². The molecule has 0 saturated carbocycles. The minimum atomic E-state index is -0.484. The van der Waals surface area contributed by atoms with Crippen molar-refractivity contribution in [2.45, 2.75) is 19.9 Å². The number of hydrogen-bond donors (Lipinski definition) is 2. The summed E-state index contributed by atoms with van der Waals surface area (Å²) >= 11 is 0. The molecule has 0 radical (unpaired) electrons. The first-order valence-electron chi connectivity index (χ1n) is 6.52. The van der Waals surface area contributed by atoms with Crippen molar-refractivity contribution in [3.63, 3.8) is 0 Å². The number of anilines is 2. The van der Waals surface area contributed by atoms with Crippen LogP contribution in [0.15, 0.2) is 12.3 Å². The van der Waals surface area contributed by atoms with Gasteiger partial charge in [0.2, 0.25) is 5.91 Å². The highest BCUT2D eigenvalue weighted by atomic mass is 16.5. The lowest BCUT2D eigenvalue weighted by Crippen LogP contribution is -2.54. The Labute approximate surface area is 117 Å². The zero-order valence-corrected chi connectivity index (χ0v) is 11.5. The molecule has 1 saturated heterocycles. The monoisotopic (exact) mass is 278 g/mol. The van der Waals surface area contributed by atoms with Crippen LogP contribution in [-0.4, -0.2) is 42.6 Å². The third-order valence-corrected chi connectivity index (χ3v) is 3.24. The van der Waals surface area contributed by atoms with E-state index in [-0.39, 0.29) is 29.8 Å². The van der Waals surface area contributed by atoms with Gasteiger partial charge in [0.25, 0.3) is 0 Å². The molecule has 7 nitrogen and oxygen atoms in total. The Bertz CT molecular complexity index is 532. The van der Waals surface area contributed by atoms with Crippen LogP contribution in [0.3, 0.4) is 0 Å². The third-order valence-electron chi connectivity index (χ3n) is 3.24. The molecule has 0 aromatic carbocycles. The van der Waals surface area contributed by atoms with Crippen molar-refractivity contribution in [1.82, 2.24) is 10.3 Å². The van der Waals surface area contributed by atoms with Crippen LogP contribution in [0.1, 0.15) is 24.2 Å². The van der Waals surface area contributed by atoms with Gasteiger partial charge < -0.3 is 20.7 Å². The number of amides is 1. The van der Waals surface area contributed by atoms with Gasteiger partial charge in [-0.2, -0.15) is 0 Å². The predicted molar refractivity (Wildman–Crippen MR) is 74.4 cm³/mol. The molecule has 108 valence electrons. The molecular weight excluding hydrogens is 260 g/mol. The van der Waals surface area contributed by atoms with E-state index >= 15 is 0 Å². The van der Waals surface area contributed by atoms with Crippen molar-refractivity contribution in [1.29, 1.82) is 0 Å². The third kappa shape index (κ3) is 2.52. The number of piperazine rings is 1. The first-order chi connectivity index (χ1) is 9.56. The number of nitrogens with zero attached hydrogens (tertiary/aromatic N) is 2. The van der Waals surface area contributed by atoms with Gasteiger partial charge in [0.1, 0.15) is 6.04 Å². The molecule has 0 aliphatic carbocycles. The Balaban J connectivity index is 2.35. The fourth-order valence-corrected chi connectivity index (χ4v) is 2.15. The molecule has 1 amide bonds. The minimum absolute atomic E-state index is 0.0843. The molecule has 1 unspecified atom stereocenters. The molecular formula is C13H18N4O3. The molecule has 0 bridgehead atoms. The number of nitrogens with one attached hydrogen (secondary N) is 1. The van der Waals surface area contributed by atoms with E-state index in [9.17, 15) is 9.59 Å². The van der Waals surface area contributed by atoms with Gasteiger partial charge in [-0.15, -0.1) is 0 Å². The predicted octanol–water partition coefficient (Wildman–Crippen LogP) is 0.165. The van der Waals surface area contributed by atoms with Gasteiger partial charge in [-0.1, -0.05) is 0 Å². The van der Waals surface area contributed by atoms with E-state index in [1.807, 2.05) is 0 Å². The fourth-order valence-electron chi connectivity index (χ4n) is 2.15. The Morgan fingerprint density at radius 3 is 3.10 bits per heavy atom. The number of nitrogens with two attached hydrogens (primary N) is 1. The summed E-state index contributed by atoms with van der Waals surface area (Å²) in [5.41, 5.74) is 6.53. The lowest BCUT2D eigenvalue weighted by atomic mass is 10.1. The summed E-state index contributed by atoms with van der Waals surface area (Å²) in [5, 5.41) is 2.77. The van der Waals surface area contributed by atoms with Crippen molar-refractivity contribution in [2.75, 3.05) is 30.3 Å². The van der Waals surface area contributed by atoms with Crippen LogP contribution in [0.5, 0.6) is 0 Å². The van der Waals surface area contributed by atoms with E-state index in [0.717, 1.165) is 0 Å². The fraction of sp³-hybridized carbons (Fsp3) is 0.462. The minimum Gasteiger partial charge on any atom is -0.462 e. The van der Waals surface area contributed by atoms with Gasteiger partial charge in [0.15, 0.2) is 5.82 Å². The first kappa shape index (κ1) is 14.1. The van der Waals surface area contributed by atoms with E-state index in [4.69, 9.17) is 10.5 Å². The first-order valence-corrected chi connectivity index (χ1v) is 6.52. The molecule has 1 atom stereocenters. The molecule has 20 heavy (non-hydrogen) atoms. The molecule has 7 heteroatoms. The largest absolute Gasteiger partial charge is 0.462 e. The molecule has 3 N–H and O–H groups in total. The van der Waals surface area contributed by atoms with Gasteiger partial charge >= 0.3 is 5.97 Å². The maximum Gasteiger partial charge on any atom is 0.340 e. The van der Waals surface area contributed by atoms with Crippen molar-refractivity contribution in [3.05, 3.63) is 17.8 Å². The number of rotatable bonds is 3. The molecule has 1 aliphatic rings.